The molecule has 0 atom stereocenters. The number of sulfonamides is 1. The zero-order valence-electron chi connectivity index (χ0n) is 10.6. The Morgan fingerprint density at radius 3 is 2.57 bits per heavy atom. The predicted molar refractivity (Wildman–Crippen MR) is 86.0 cm³/mol. The third kappa shape index (κ3) is 3.57. The standard InChI is InChI=1S/C12H9BrClNO4S2/c1-6-4-7(14)2-3-8(6)15-21(18,19)10-5-9(12(16)17)20-11(10)13/h2-5,15H,1H3,(H,16,17). The summed E-state index contributed by atoms with van der Waals surface area (Å²) in [6.07, 6.45) is 0. The average molecular weight is 411 g/mol. The van der Waals surface area contributed by atoms with Gasteiger partial charge >= 0.3 is 5.97 Å². The first-order valence-corrected chi connectivity index (χ1v) is 8.99. The van der Waals surface area contributed by atoms with E-state index in [1.807, 2.05) is 0 Å². The number of hydrogen-bond donors (Lipinski definition) is 2. The molecule has 0 aliphatic carbocycles. The summed E-state index contributed by atoms with van der Waals surface area (Å²) in [7, 11) is -3.88. The van der Waals surface area contributed by atoms with Crippen LogP contribution < -0.4 is 4.72 Å². The third-order valence-corrected chi connectivity index (χ3v) is 6.43. The summed E-state index contributed by atoms with van der Waals surface area (Å²) in [5.74, 6) is -1.18. The summed E-state index contributed by atoms with van der Waals surface area (Å²) in [6, 6.07) is 5.86. The van der Waals surface area contributed by atoms with Gasteiger partial charge < -0.3 is 5.11 Å². The van der Waals surface area contributed by atoms with Gasteiger partial charge in [-0.05, 0) is 52.7 Å². The van der Waals surface area contributed by atoms with Crippen LogP contribution in [0.3, 0.4) is 0 Å². The van der Waals surface area contributed by atoms with Crippen molar-refractivity contribution < 1.29 is 18.3 Å². The van der Waals surface area contributed by atoms with Gasteiger partial charge in [0.25, 0.3) is 10.0 Å². The number of carboxylic acids is 1. The number of rotatable bonds is 4. The number of hydrogen-bond acceptors (Lipinski definition) is 4. The Labute approximate surface area is 138 Å². The quantitative estimate of drug-likeness (QED) is 0.799. The average Bonchev–Trinajstić information content (AvgIpc) is 2.76. The molecule has 1 aromatic carbocycles. The Kier molecular flexibility index (Phi) is 4.62. The van der Waals surface area contributed by atoms with Gasteiger partial charge in [-0.15, -0.1) is 11.3 Å². The van der Waals surface area contributed by atoms with Crippen LogP contribution in [0, 0.1) is 6.92 Å². The summed E-state index contributed by atoms with van der Waals surface area (Å²) in [5.41, 5.74) is 1.05. The fraction of sp³-hybridized carbons (Fsp3) is 0.0833. The number of aryl methyl sites for hydroxylation is 1. The Morgan fingerprint density at radius 1 is 1.38 bits per heavy atom. The molecular formula is C12H9BrClNO4S2. The second kappa shape index (κ2) is 5.96. The Balaban J connectivity index is 2.41. The van der Waals surface area contributed by atoms with Crippen molar-refractivity contribution in [1.82, 2.24) is 0 Å². The molecule has 112 valence electrons. The number of halogens is 2. The molecule has 0 saturated heterocycles. The molecule has 2 N–H and O–H groups in total. The van der Waals surface area contributed by atoms with Gasteiger partial charge in [-0.2, -0.15) is 0 Å². The van der Waals surface area contributed by atoms with Gasteiger partial charge in [0.05, 0.1) is 9.47 Å². The molecule has 0 saturated carbocycles. The molecule has 2 aromatic rings. The van der Waals surface area contributed by atoms with Crippen molar-refractivity contribution in [3.05, 3.63) is 43.5 Å². The summed E-state index contributed by atoms with van der Waals surface area (Å²) < 4.78 is 27.3. The maximum atomic E-state index is 12.3. The van der Waals surface area contributed by atoms with Crippen LogP contribution in [0.15, 0.2) is 32.9 Å². The van der Waals surface area contributed by atoms with E-state index in [-0.39, 0.29) is 13.6 Å². The zero-order valence-corrected chi connectivity index (χ0v) is 14.5. The Bertz CT molecular complexity index is 817. The number of benzene rings is 1. The van der Waals surface area contributed by atoms with Crippen LogP contribution in [0.4, 0.5) is 5.69 Å². The van der Waals surface area contributed by atoms with Gasteiger partial charge in [0.15, 0.2) is 0 Å². The lowest BCUT2D eigenvalue weighted by Gasteiger charge is -2.10. The maximum Gasteiger partial charge on any atom is 0.345 e. The lowest BCUT2D eigenvalue weighted by molar-refractivity contribution is 0.0702. The molecule has 0 aliphatic rings. The molecule has 0 spiro atoms. The van der Waals surface area contributed by atoms with Crippen LogP contribution in [-0.4, -0.2) is 19.5 Å². The molecule has 0 amide bonds. The molecule has 1 heterocycles. The zero-order chi connectivity index (χ0) is 15.8. The lowest BCUT2D eigenvalue weighted by Crippen LogP contribution is -2.13. The summed E-state index contributed by atoms with van der Waals surface area (Å²) in [5, 5.41) is 9.41. The fourth-order valence-corrected chi connectivity index (χ4v) is 5.34. The van der Waals surface area contributed by atoms with Gasteiger partial charge in [0.2, 0.25) is 0 Å². The van der Waals surface area contributed by atoms with Crippen molar-refractivity contribution in [1.29, 1.82) is 0 Å². The first-order valence-electron chi connectivity index (χ1n) is 5.52. The minimum atomic E-state index is -3.88. The molecule has 2 rings (SSSR count). The first-order chi connectivity index (χ1) is 9.70. The van der Waals surface area contributed by atoms with Crippen LogP contribution in [-0.2, 0) is 10.0 Å². The van der Waals surface area contributed by atoms with Gasteiger partial charge in [-0.1, -0.05) is 11.6 Å². The number of thiophene rings is 1. The van der Waals surface area contributed by atoms with Crippen LogP contribution >= 0.6 is 38.9 Å². The van der Waals surface area contributed by atoms with E-state index < -0.39 is 16.0 Å². The maximum absolute atomic E-state index is 12.3. The second-order valence-corrected chi connectivity index (χ2v) is 8.58. The highest BCUT2D eigenvalue weighted by molar-refractivity contribution is 9.11. The minimum Gasteiger partial charge on any atom is -0.477 e. The Morgan fingerprint density at radius 2 is 2.05 bits per heavy atom. The number of carboxylic acid groups (broad SMARTS) is 1. The van der Waals surface area contributed by atoms with E-state index in [1.54, 1.807) is 25.1 Å². The second-order valence-electron chi connectivity index (χ2n) is 4.12. The van der Waals surface area contributed by atoms with E-state index in [4.69, 9.17) is 16.7 Å². The molecule has 1 aromatic heterocycles. The molecule has 0 radical (unpaired) electrons. The van der Waals surface area contributed by atoms with Crippen molar-refractivity contribution in [2.45, 2.75) is 11.8 Å². The minimum absolute atomic E-state index is 0.0601. The van der Waals surface area contributed by atoms with E-state index in [0.717, 1.165) is 17.4 Å². The van der Waals surface area contributed by atoms with E-state index in [1.165, 1.54) is 0 Å². The smallest absolute Gasteiger partial charge is 0.345 e. The predicted octanol–water partition coefficient (Wildman–Crippen LogP) is 3.97. The fourth-order valence-electron chi connectivity index (χ4n) is 1.58. The van der Waals surface area contributed by atoms with Gasteiger partial charge in [0, 0.05) is 5.02 Å². The molecule has 0 bridgehead atoms. The highest BCUT2D eigenvalue weighted by Gasteiger charge is 2.23. The van der Waals surface area contributed by atoms with Crippen LogP contribution in [0.2, 0.25) is 5.02 Å². The molecule has 0 aliphatic heterocycles. The van der Waals surface area contributed by atoms with E-state index >= 15 is 0 Å². The first kappa shape index (κ1) is 16.3. The highest BCUT2D eigenvalue weighted by Crippen LogP contribution is 2.33. The molecule has 0 fully saturated rings. The summed E-state index contributed by atoms with van der Waals surface area (Å²) >= 11 is 9.74. The number of aromatic carboxylic acids is 1. The molecule has 0 unspecified atom stereocenters. The van der Waals surface area contributed by atoms with Gasteiger partial charge in [-0.3, -0.25) is 4.72 Å². The highest BCUT2D eigenvalue weighted by atomic mass is 79.9. The van der Waals surface area contributed by atoms with Gasteiger partial charge in [0.1, 0.15) is 9.77 Å². The lowest BCUT2D eigenvalue weighted by atomic mass is 10.2. The summed E-state index contributed by atoms with van der Waals surface area (Å²) in [6.45, 7) is 1.72. The molecule has 5 nitrogen and oxygen atoms in total. The van der Waals surface area contributed by atoms with Crippen molar-refractivity contribution in [2.75, 3.05) is 4.72 Å². The SMILES string of the molecule is Cc1cc(Cl)ccc1NS(=O)(=O)c1cc(C(=O)O)sc1Br. The third-order valence-electron chi connectivity index (χ3n) is 2.59. The number of anilines is 1. The van der Waals surface area contributed by atoms with Crippen molar-refractivity contribution in [3.8, 4) is 0 Å². The van der Waals surface area contributed by atoms with Crippen LogP contribution in [0.1, 0.15) is 15.2 Å². The van der Waals surface area contributed by atoms with Crippen molar-refractivity contribution >= 4 is 60.5 Å². The molecule has 9 heteroatoms. The topological polar surface area (TPSA) is 83.5 Å². The van der Waals surface area contributed by atoms with Crippen LogP contribution in [0.25, 0.3) is 0 Å². The van der Waals surface area contributed by atoms with E-state index in [0.29, 0.717) is 16.3 Å². The van der Waals surface area contributed by atoms with Crippen molar-refractivity contribution in [3.63, 3.8) is 0 Å². The Hall–Kier alpha value is -1.09. The largest absolute Gasteiger partial charge is 0.477 e. The monoisotopic (exact) mass is 409 g/mol. The summed E-state index contributed by atoms with van der Waals surface area (Å²) in [4.78, 5) is 10.7. The van der Waals surface area contributed by atoms with Crippen LogP contribution in [0.5, 0.6) is 0 Å². The number of nitrogens with one attached hydrogen (secondary N) is 1. The normalized spacial score (nSPS) is 11.4. The number of carbonyl (C=O) groups is 1. The van der Waals surface area contributed by atoms with Gasteiger partial charge in [-0.25, -0.2) is 13.2 Å². The molecule has 21 heavy (non-hydrogen) atoms. The van der Waals surface area contributed by atoms with E-state index in [9.17, 15) is 13.2 Å². The van der Waals surface area contributed by atoms with E-state index in [2.05, 4.69) is 20.7 Å². The van der Waals surface area contributed by atoms with Crippen molar-refractivity contribution in [2.24, 2.45) is 0 Å². The molecular weight excluding hydrogens is 402 g/mol.